The maximum Gasteiger partial charge on any atom is 0.0522 e. The molecule has 0 aromatic carbocycles. The van der Waals surface area contributed by atoms with Gasteiger partial charge in [0.2, 0.25) is 0 Å². The average Bonchev–Trinajstić information content (AvgIpc) is 2.71. The van der Waals surface area contributed by atoms with Crippen LogP contribution in [0.25, 0.3) is 0 Å². The molecule has 2 N–H and O–H groups in total. The summed E-state index contributed by atoms with van der Waals surface area (Å²) in [4.78, 5) is 0. The van der Waals surface area contributed by atoms with E-state index in [0.29, 0.717) is 0 Å². The van der Waals surface area contributed by atoms with E-state index in [1.807, 2.05) is 10.9 Å². The van der Waals surface area contributed by atoms with Crippen LogP contribution in [-0.2, 0) is 13.0 Å². The second-order valence-corrected chi connectivity index (χ2v) is 6.68. The maximum absolute atomic E-state index is 6.67. The van der Waals surface area contributed by atoms with Gasteiger partial charge in [-0.05, 0) is 50.0 Å². The van der Waals surface area contributed by atoms with Crippen LogP contribution in [0.2, 0.25) is 0 Å². The largest absolute Gasteiger partial charge is 0.325 e. The number of nitrogens with two attached hydrogens (primary N) is 1. The highest BCUT2D eigenvalue weighted by atomic mass is 15.3. The van der Waals surface area contributed by atoms with Gasteiger partial charge in [0.05, 0.1) is 6.20 Å². The summed E-state index contributed by atoms with van der Waals surface area (Å²) in [6.07, 6.45) is 11.4. The Hall–Kier alpha value is -0.830. The lowest BCUT2D eigenvalue weighted by Crippen LogP contribution is -2.41. The number of rotatable bonds is 4. The molecule has 1 fully saturated rings. The van der Waals surface area contributed by atoms with Gasteiger partial charge < -0.3 is 5.73 Å². The van der Waals surface area contributed by atoms with Gasteiger partial charge >= 0.3 is 0 Å². The third-order valence-corrected chi connectivity index (χ3v) is 4.77. The first-order valence-electron chi connectivity index (χ1n) is 7.82. The molecule has 108 valence electrons. The first-order chi connectivity index (χ1) is 9.02. The van der Waals surface area contributed by atoms with Crippen molar-refractivity contribution in [2.24, 2.45) is 17.6 Å². The minimum atomic E-state index is -0.00869. The Bertz CT molecular complexity index is 396. The van der Waals surface area contributed by atoms with Gasteiger partial charge in [-0.25, -0.2) is 0 Å². The van der Waals surface area contributed by atoms with Crippen molar-refractivity contribution >= 4 is 0 Å². The SMILES string of the molecule is CCn1cc(CC2(N)CCCC(C(C)C)CC2)cn1. The monoisotopic (exact) mass is 263 g/mol. The fraction of sp³-hybridized carbons (Fsp3) is 0.812. The molecule has 1 saturated carbocycles. The number of aryl methyl sites for hydroxylation is 1. The van der Waals surface area contributed by atoms with Crippen LogP contribution in [0.3, 0.4) is 0 Å². The van der Waals surface area contributed by atoms with Gasteiger partial charge in [-0.2, -0.15) is 5.10 Å². The van der Waals surface area contributed by atoms with Crippen LogP contribution in [0.15, 0.2) is 12.4 Å². The van der Waals surface area contributed by atoms with Crippen LogP contribution in [0.5, 0.6) is 0 Å². The van der Waals surface area contributed by atoms with Crippen molar-refractivity contribution in [3.8, 4) is 0 Å². The van der Waals surface area contributed by atoms with Crippen molar-refractivity contribution in [2.45, 2.75) is 71.4 Å². The standard InChI is InChI=1S/C16H29N3/c1-4-19-12-14(11-18-19)10-16(17)8-5-6-15(7-9-16)13(2)3/h11-13,15H,4-10,17H2,1-3H3. The van der Waals surface area contributed by atoms with Crippen LogP contribution in [-0.4, -0.2) is 15.3 Å². The van der Waals surface area contributed by atoms with Gasteiger partial charge in [0.25, 0.3) is 0 Å². The molecule has 0 aliphatic heterocycles. The van der Waals surface area contributed by atoms with Crippen LogP contribution in [0, 0.1) is 11.8 Å². The van der Waals surface area contributed by atoms with Crippen molar-refractivity contribution < 1.29 is 0 Å². The number of hydrogen-bond acceptors (Lipinski definition) is 2. The Kier molecular flexibility index (Phi) is 4.67. The van der Waals surface area contributed by atoms with E-state index in [1.165, 1.54) is 24.8 Å². The number of nitrogens with zero attached hydrogens (tertiary/aromatic N) is 2. The van der Waals surface area contributed by atoms with Gasteiger partial charge in [-0.1, -0.05) is 26.7 Å². The van der Waals surface area contributed by atoms with E-state index < -0.39 is 0 Å². The molecule has 1 aliphatic rings. The van der Waals surface area contributed by atoms with Gasteiger partial charge in [0.15, 0.2) is 0 Å². The van der Waals surface area contributed by atoms with Crippen LogP contribution in [0.4, 0.5) is 0 Å². The molecule has 2 rings (SSSR count). The Labute approximate surface area is 117 Å². The fourth-order valence-electron chi connectivity index (χ4n) is 3.38. The first-order valence-corrected chi connectivity index (χ1v) is 7.82. The summed E-state index contributed by atoms with van der Waals surface area (Å²) < 4.78 is 1.99. The Balaban J connectivity index is 1.98. The minimum absolute atomic E-state index is 0.00869. The highest BCUT2D eigenvalue weighted by Gasteiger charge is 2.30. The lowest BCUT2D eigenvalue weighted by molar-refractivity contribution is 0.321. The third kappa shape index (κ3) is 3.82. The van der Waals surface area contributed by atoms with Gasteiger partial charge in [-0.3, -0.25) is 4.68 Å². The minimum Gasteiger partial charge on any atom is -0.325 e. The van der Waals surface area contributed by atoms with Crippen molar-refractivity contribution in [1.82, 2.24) is 9.78 Å². The molecule has 3 heteroatoms. The molecule has 2 unspecified atom stereocenters. The molecule has 1 aromatic rings. The molecule has 2 atom stereocenters. The smallest absolute Gasteiger partial charge is 0.0522 e. The topological polar surface area (TPSA) is 43.8 Å². The summed E-state index contributed by atoms with van der Waals surface area (Å²) in [5.74, 6) is 1.66. The normalized spacial score (nSPS) is 28.6. The second kappa shape index (κ2) is 6.08. The summed E-state index contributed by atoms with van der Waals surface area (Å²) >= 11 is 0. The van der Waals surface area contributed by atoms with Gasteiger partial charge in [-0.15, -0.1) is 0 Å². The molecule has 3 nitrogen and oxygen atoms in total. The lowest BCUT2D eigenvalue weighted by atomic mass is 9.84. The van der Waals surface area contributed by atoms with Crippen molar-refractivity contribution in [2.75, 3.05) is 0 Å². The quantitative estimate of drug-likeness (QED) is 0.846. The van der Waals surface area contributed by atoms with E-state index >= 15 is 0 Å². The third-order valence-electron chi connectivity index (χ3n) is 4.77. The van der Waals surface area contributed by atoms with Crippen molar-refractivity contribution in [3.63, 3.8) is 0 Å². The maximum atomic E-state index is 6.67. The van der Waals surface area contributed by atoms with Gasteiger partial charge in [0.1, 0.15) is 0 Å². The lowest BCUT2D eigenvalue weighted by Gasteiger charge is -2.28. The van der Waals surface area contributed by atoms with E-state index in [9.17, 15) is 0 Å². The highest BCUT2D eigenvalue weighted by Crippen LogP contribution is 2.34. The van der Waals surface area contributed by atoms with Crippen molar-refractivity contribution in [3.05, 3.63) is 18.0 Å². The molecule has 1 aliphatic carbocycles. The number of hydrogen-bond donors (Lipinski definition) is 1. The molecule has 0 radical (unpaired) electrons. The highest BCUT2D eigenvalue weighted by molar-refractivity contribution is 5.10. The van der Waals surface area contributed by atoms with E-state index in [0.717, 1.165) is 37.6 Å². The zero-order valence-corrected chi connectivity index (χ0v) is 12.7. The predicted molar refractivity (Wildman–Crippen MR) is 79.9 cm³/mol. The Morgan fingerprint density at radius 2 is 2.21 bits per heavy atom. The molecule has 0 spiro atoms. The Morgan fingerprint density at radius 3 is 2.84 bits per heavy atom. The summed E-state index contributed by atoms with van der Waals surface area (Å²) in [7, 11) is 0. The van der Waals surface area contributed by atoms with E-state index in [1.54, 1.807) is 0 Å². The molecule has 0 saturated heterocycles. The second-order valence-electron chi connectivity index (χ2n) is 6.68. The van der Waals surface area contributed by atoms with Crippen LogP contribution < -0.4 is 5.73 Å². The zero-order valence-electron chi connectivity index (χ0n) is 12.7. The van der Waals surface area contributed by atoms with Gasteiger partial charge in [0, 0.05) is 18.3 Å². The molecule has 0 bridgehead atoms. The Morgan fingerprint density at radius 1 is 1.42 bits per heavy atom. The molecule has 1 heterocycles. The van der Waals surface area contributed by atoms with Crippen LogP contribution in [0.1, 0.15) is 58.4 Å². The molecule has 0 amide bonds. The summed E-state index contributed by atoms with van der Waals surface area (Å²) in [5, 5.41) is 4.36. The fourth-order valence-corrected chi connectivity index (χ4v) is 3.38. The van der Waals surface area contributed by atoms with E-state index in [4.69, 9.17) is 5.73 Å². The van der Waals surface area contributed by atoms with E-state index in [2.05, 4.69) is 32.1 Å². The summed E-state index contributed by atoms with van der Waals surface area (Å²) in [5.41, 5.74) is 7.96. The zero-order chi connectivity index (χ0) is 13.9. The number of aromatic nitrogens is 2. The molecular formula is C16H29N3. The molecule has 1 aromatic heterocycles. The predicted octanol–water partition coefficient (Wildman–Crippen LogP) is 3.38. The molecular weight excluding hydrogens is 234 g/mol. The van der Waals surface area contributed by atoms with E-state index in [-0.39, 0.29) is 5.54 Å². The summed E-state index contributed by atoms with van der Waals surface area (Å²) in [6, 6.07) is 0. The van der Waals surface area contributed by atoms with Crippen LogP contribution >= 0.6 is 0 Å². The first kappa shape index (κ1) is 14.6. The van der Waals surface area contributed by atoms with Crippen molar-refractivity contribution in [1.29, 1.82) is 0 Å². The summed E-state index contributed by atoms with van der Waals surface area (Å²) in [6.45, 7) is 7.75. The molecule has 19 heavy (non-hydrogen) atoms. The average molecular weight is 263 g/mol.